The van der Waals surface area contributed by atoms with Crippen LogP contribution >= 0.6 is 0 Å². The number of nitrogens with one attached hydrogen (secondary N) is 1. The Morgan fingerprint density at radius 3 is 2.76 bits per heavy atom. The lowest BCUT2D eigenvalue weighted by Crippen LogP contribution is -2.51. The summed E-state index contributed by atoms with van der Waals surface area (Å²) in [6.07, 6.45) is 5.31. The number of likely N-dealkylation sites (tertiary alicyclic amines) is 1. The monoisotopic (exact) mass is 240 g/mol. The van der Waals surface area contributed by atoms with Crippen molar-refractivity contribution in [2.24, 2.45) is 11.8 Å². The van der Waals surface area contributed by atoms with E-state index in [0.717, 1.165) is 25.6 Å². The number of carboxylic acids is 1. The topological polar surface area (TPSA) is 52.6 Å². The van der Waals surface area contributed by atoms with Crippen LogP contribution in [0.1, 0.15) is 32.6 Å². The minimum absolute atomic E-state index is 0.186. The second-order valence-corrected chi connectivity index (χ2v) is 5.83. The van der Waals surface area contributed by atoms with Crippen LogP contribution in [0.25, 0.3) is 0 Å². The Kier molecular flexibility index (Phi) is 4.40. The van der Waals surface area contributed by atoms with Gasteiger partial charge >= 0.3 is 5.97 Å². The van der Waals surface area contributed by atoms with Crippen molar-refractivity contribution in [2.75, 3.05) is 26.2 Å². The Morgan fingerprint density at radius 1 is 1.41 bits per heavy atom. The SMILES string of the molecule is CC1CC(NCC2CCC2)CN(CC(=O)O)C1. The molecule has 1 saturated carbocycles. The summed E-state index contributed by atoms with van der Waals surface area (Å²) in [7, 11) is 0. The van der Waals surface area contributed by atoms with Crippen LogP contribution < -0.4 is 5.32 Å². The Labute approximate surface area is 103 Å². The molecule has 17 heavy (non-hydrogen) atoms. The Bertz CT molecular complexity index is 266. The Balaban J connectivity index is 1.74. The molecular formula is C13H24N2O2. The molecule has 1 aliphatic carbocycles. The van der Waals surface area contributed by atoms with E-state index in [1.165, 1.54) is 25.7 Å². The van der Waals surface area contributed by atoms with E-state index in [2.05, 4.69) is 17.1 Å². The third-order valence-electron chi connectivity index (χ3n) is 4.01. The van der Waals surface area contributed by atoms with E-state index in [4.69, 9.17) is 5.11 Å². The number of carbonyl (C=O) groups is 1. The number of hydrogen-bond donors (Lipinski definition) is 2. The van der Waals surface area contributed by atoms with Crippen molar-refractivity contribution in [3.8, 4) is 0 Å². The fourth-order valence-electron chi connectivity index (χ4n) is 2.96. The normalized spacial score (nSPS) is 31.1. The third kappa shape index (κ3) is 3.96. The van der Waals surface area contributed by atoms with Crippen molar-refractivity contribution in [1.82, 2.24) is 10.2 Å². The molecule has 2 unspecified atom stereocenters. The van der Waals surface area contributed by atoms with Crippen LogP contribution in [0, 0.1) is 11.8 Å². The Morgan fingerprint density at radius 2 is 2.18 bits per heavy atom. The van der Waals surface area contributed by atoms with Gasteiger partial charge < -0.3 is 10.4 Å². The molecule has 0 spiro atoms. The fraction of sp³-hybridized carbons (Fsp3) is 0.923. The van der Waals surface area contributed by atoms with E-state index in [1.54, 1.807) is 0 Å². The van der Waals surface area contributed by atoms with Crippen molar-refractivity contribution in [3.63, 3.8) is 0 Å². The fourth-order valence-corrected chi connectivity index (χ4v) is 2.96. The molecule has 98 valence electrons. The summed E-state index contributed by atoms with van der Waals surface area (Å²) in [4.78, 5) is 12.8. The van der Waals surface area contributed by atoms with Gasteiger partial charge in [-0.3, -0.25) is 9.69 Å². The maximum Gasteiger partial charge on any atom is 0.317 e. The molecule has 2 aliphatic rings. The van der Waals surface area contributed by atoms with E-state index < -0.39 is 5.97 Å². The molecule has 1 aliphatic heterocycles. The summed E-state index contributed by atoms with van der Waals surface area (Å²) in [6.45, 7) is 5.34. The minimum atomic E-state index is -0.711. The van der Waals surface area contributed by atoms with Gasteiger partial charge in [0.25, 0.3) is 0 Å². The first kappa shape index (κ1) is 12.8. The maximum absolute atomic E-state index is 10.7. The molecule has 2 atom stereocenters. The molecule has 2 fully saturated rings. The minimum Gasteiger partial charge on any atom is -0.480 e. The molecular weight excluding hydrogens is 216 g/mol. The molecule has 0 radical (unpaired) electrons. The van der Waals surface area contributed by atoms with E-state index in [9.17, 15) is 4.79 Å². The van der Waals surface area contributed by atoms with Crippen molar-refractivity contribution in [3.05, 3.63) is 0 Å². The van der Waals surface area contributed by atoms with Gasteiger partial charge in [0.1, 0.15) is 0 Å². The second-order valence-electron chi connectivity index (χ2n) is 5.83. The highest BCUT2D eigenvalue weighted by Crippen LogP contribution is 2.26. The lowest BCUT2D eigenvalue weighted by atomic mass is 9.85. The van der Waals surface area contributed by atoms with Crippen LogP contribution in [0.3, 0.4) is 0 Å². The summed E-state index contributed by atoms with van der Waals surface area (Å²) < 4.78 is 0. The molecule has 4 nitrogen and oxygen atoms in total. The van der Waals surface area contributed by atoms with Gasteiger partial charge in [0.15, 0.2) is 0 Å². The van der Waals surface area contributed by atoms with Crippen molar-refractivity contribution < 1.29 is 9.90 Å². The van der Waals surface area contributed by atoms with Crippen LogP contribution in [-0.4, -0.2) is 48.2 Å². The lowest BCUT2D eigenvalue weighted by Gasteiger charge is -2.37. The number of piperidine rings is 1. The zero-order valence-electron chi connectivity index (χ0n) is 10.7. The quantitative estimate of drug-likeness (QED) is 0.757. The molecule has 0 aromatic heterocycles. The summed E-state index contributed by atoms with van der Waals surface area (Å²) in [5.41, 5.74) is 0. The van der Waals surface area contributed by atoms with Gasteiger partial charge in [-0.2, -0.15) is 0 Å². The smallest absolute Gasteiger partial charge is 0.317 e. The number of hydrogen-bond acceptors (Lipinski definition) is 3. The van der Waals surface area contributed by atoms with E-state index in [1.807, 2.05) is 0 Å². The molecule has 0 aromatic rings. The van der Waals surface area contributed by atoms with Crippen LogP contribution in [0.2, 0.25) is 0 Å². The molecule has 1 heterocycles. The number of rotatable bonds is 5. The van der Waals surface area contributed by atoms with Crippen LogP contribution in [0.5, 0.6) is 0 Å². The van der Waals surface area contributed by atoms with E-state index in [-0.39, 0.29) is 6.54 Å². The van der Waals surface area contributed by atoms with Crippen LogP contribution in [-0.2, 0) is 4.79 Å². The molecule has 0 amide bonds. The van der Waals surface area contributed by atoms with Gasteiger partial charge in [0.2, 0.25) is 0 Å². The zero-order chi connectivity index (χ0) is 12.3. The second kappa shape index (κ2) is 5.83. The summed E-state index contributed by atoms with van der Waals surface area (Å²) in [5, 5.41) is 12.5. The highest BCUT2D eigenvalue weighted by molar-refractivity contribution is 5.69. The van der Waals surface area contributed by atoms with Gasteiger partial charge in [0, 0.05) is 19.1 Å². The average Bonchev–Trinajstić information content (AvgIpc) is 2.12. The molecule has 2 rings (SSSR count). The van der Waals surface area contributed by atoms with E-state index in [0.29, 0.717) is 12.0 Å². The average molecular weight is 240 g/mol. The molecule has 0 aromatic carbocycles. The maximum atomic E-state index is 10.7. The first-order valence-electron chi connectivity index (χ1n) is 6.81. The largest absolute Gasteiger partial charge is 0.480 e. The lowest BCUT2D eigenvalue weighted by molar-refractivity contribution is -0.138. The Hall–Kier alpha value is -0.610. The molecule has 2 N–H and O–H groups in total. The third-order valence-corrected chi connectivity index (χ3v) is 4.01. The first-order valence-corrected chi connectivity index (χ1v) is 6.81. The first-order chi connectivity index (χ1) is 8.13. The van der Waals surface area contributed by atoms with Gasteiger partial charge in [0.05, 0.1) is 6.54 Å². The summed E-state index contributed by atoms with van der Waals surface area (Å²) in [5.74, 6) is 0.763. The number of aliphatic carboxylic acids is 1. The van der Waals surface area contributed by atoms with Crippen molar-refractivity contribution >= 4 is 5.97 Å². The van der Waals surface area contributed by atoms with Crippen molar-refractivity contribution in [2.45, 2.75) is 38.6 Å². The molecule has 1 saturated heterocycles. The van der Waals surface area contributed by atoms with Gasteiger partial charge in [-0.1, -0.05) is 13.3 Å². The van der Waals surface area contributed by atoms with Gasteiger partial charge in [-0.15, -0.1) is 0 Å². The standard InChI is InChI=1S/C13H24N2O2/c1-10-5-12(14-6-11-3-2-4-11)8-15(7-10)9-13(16)17/h10-12,14H,2-9H2,1H3,(H,16,17). The summed E-state index contributed by atoms with van der Waals surface area (Å²) in [6, 6.07) is 0.485. The summed E-state index contributed by atoms with van der Waals surface area (Å²) >= 11 is 0. The predicted octanol–water partition coefficient (Wildman–Crippen LogP) is 1.17. The zero-order valence-corrected chi connectivity index (χ0v) is 10.7. The van der Waals surface area contributed by atoms with Gasteiger partial charge in [-0.25, -0.2) is 0 Å². The van der Waals surface area contributed by atoms with Gasteiger partial charge in [-0.05, 0) is 37.6 Å². The highest BCUT2D eigenvalue weighted by atomic mass is 16.4. The number of carboxylic acid groups (broad SMARTS) is 1. The van der Waals surface area contributed by atoms with Crippen LogP contribution in [0.15, 0.2) is 0 Å². The highest BCUT2D eigenvalue weighted by Gasteiger charge is 2.26. The predicted molar refractivity (Wildman–Crippen MR) is 67.0 cm³/mol. The number of nitrogens with zero attached hydrogens (tertiary/aromatic N) is 1. The van der Waals surface area contributed by atoms with Crippen LogP contribution in [0.4, 0.5) is 0 Å². The van der Waals surface area contributed by atoms with Crippen molar-refractivity contribution in [1.29, 1.82) is 0 Å². The van der Waals surface area contributed by atoms with E-state index >= 15 is 0 Å². The molecule has 4 heteroatoms. The molecule has 0 bridgehead atoms.